The summed E-state index contributed by atoms with van der Waals surface area (Å²) in [5.41, 5.74) is 1.87. The SMILES string of the molecule is CC(C)(C)N1CC(=O)Nc2cccc(Br)c21. The van der Waals surface area contributed by atoms with Crippen molar-refractivity contribution in [2.75, 3.05) is 16.8 Å². The van der Waals surface area contributed by atoms with Crippen LogP contribution in [0.3, 0.4) is 0 Å². The molecule has 0 saturated carbocycles. The van der Waals surface area contributed by atoms with E-state index < -0.39 is 0 Å². The Labute approximate surface area is 104 Å². The zero-order valence-corrected chi connectivity index (χ0v) is 11.3. The first-order chi connectivity index (χ1) is 7.39. The lowest BCUT2D eigenvalue weighted by atomic mass is 10.0. The van der Waals surface area contributed by atoms with Gasteiger partial charge in [0.25, 0.3) is 0 Å². The zero-order valence-electron chi connectivity index (χ0n) is 9.67. The number of anilines is 2. The summed E-state index contributed by atoms with van der Waals surface area (Å²) in [6.45, 7) is 6.72. The summed E-state index contributed by atoms with van der Waals surface area (Å²) < 4.78 is 1.01. The first-order valence-corrected chi connectivity index (χ1v) is 6.05. The molecule has 1 aromatic carbocycles. The number of rotatable bonds is 0. The van der Waals surface area contributed by atoms with Crippen LogP contribution in [0, 0.1) is 0 Å². The highest BCUT2D eigenvalue weighted by Crippen LogP contribution is 2.39. The zero-order chi connectivity index (χ0) is 11.9. The lowest BCUT2D eigenvalue weighted by Gasteiger charge is -2.41. The second-order valence-electron chi connectivity index (χ2n) is 4.94. The normalized spacial score (nSPS) is 15.8. The summed E-state index contributed by atoms with van der Waals surface area (Å²) in [6.07, 6.45) is 0. The summed E-state index contributed by atoms with van der Waals surface area (Å²) >= 11 is 3.54. The molecule has 3 nitrogen and oxygen atoms in total. The van der Waals surface area contributed by atoms with Gasteiger partial charge in [0.2, 0.25) is 5.91 Å². The Bertz CT molecular complexity index is 437. The summed E-state index contributed by atoms with van der Waals surface area (Å²) in [5, 5.41) is 2.89. The average molecular weight is 283 g/mol. The van der Waals surface area contributed by atoms with Crippen LogP contribution in [0.2, 0.25) is 0 Å². The van der Waals surface area contributed by atoms with Gasteiger partial charge in [0.15, 0.2) is 0 Å². The van der Waals surface area contributed by atoms with Crippen LogP contribution in [0.1, 0.15) is 20.8 Å². The Hall–Kier alpha value is -1.03. The van der Waals surface area contributed by atoms with Crippen molar-refractivity contribution in [1.82, 2.24) is 0 Å². The van der Waals surface area contributed by atoms with Gasteiger partial charge in [-0.1, -0.05) is 6.07 Å². The van der Waals surface area contributed by atoms with Crippen molar-refractivity contribution in [2.24, 2.45) is 0 Å². The van der Waals surface area contributed by atoms with Gasteiger partial charge in [0.1, 0.15) is 0 Å². The number of benzene rings is 1. The van der Waals surface area contributed by atoms with Crippen LogP contribution >= 0.6 is 15.9 Å². The summed E-state index contributed by atoms with van der Waals surface area (Å²) in [6, 6.07) is 5.85. The Morgan fingerprint density at radius 1 is 1.38 bits per heavy atom. The van der Waals surface area contributed by atoms with Crippen molar-refractivity contribution in [1.29, 1.82) is 0 Å². The van der Waals surface area contributed by atoms with Gasteiger partial charge in [-0.2, -0.15) is 0 Å². The molecule has 0 aliphatic carbocycles. The quantitative estimate of drug-likeness (QED) is 0.793. The third-order valence-electron chi connectivity index (χ3n) is 2.64. The minimum atomic E-state index is -0.0730. The fourth-order valence-corrected chi connectivity index (χ4v) is 2.46. The predicted octanol–water partition coefficient (Wildman–Crippen LogP) is 3.01. The number of nitrogens with one attached hydrogen (secondary N) is 1. The molecule has 2 rings (SSSR count). The highest BCUT2D eigenvalue weighted by Gasteiger charge is 2.31. The Morgan fingerprint density at radius 3 is 2.69 bits per heavy atom. The highest BCUT2D eigenvalue weighted by molar-refractivity contribution is 9.10. The first kappa shape index (κ1) is 11.5. The maximum Gasteiger partial charge on any atom is 0.243 e. The van der Waals surface area contributed by atoms with E-state index in [-0.39, 0.29) is 11.4 Å². The molecule has 0 bridgehead atoms. The number of hydrogen-bond acceptors (Lipinski definition) is 2. The summed E-state index contributed by atoms with van der Waals surface area (Å²) in [4.78, 5) is 13.7. The Kier molecular flexibility index (Phi) is 2.70. The van der Waals surface area contributed by atoms with E-state index >= 15 is 0 Å². The fraction of sp³-hybridized carbons (Fsp3) is 0.417. The number of amides is 1. The van der Waals surface area contributed by atoms with Gasteiger partial charge in [0.05, 0.1) is 17.9 Å². The van der Waals surface area contributed by atoms with Crippen molar-refractivity contribution in [3.8, 4) is 0 Å². The molecule has 1 aliphatic rings. The minimum absolute atomic E-state index is 0.0422. The van der Waals surface area contributed by atoms with E-state index in [0.29, 0.717) is 6.54 Å². The fourth-order valence-electron chi connectivity index (χ4n) is 1.88. The van der Waals surface area contributed by atoms with Gasteiger partial charge < -0.3 is 10.2 Å². The van der Waals surface area contributed by atoms with E-state index in [4.69, 9.17) is 0 Å². The number of para-hydroxylation sites is 1. The van der Waals surface area contributed by atoms with E-state index in [0.717, 1.165) is 15.8 Å². The Morgan fingerprint density at radius 2 is 2.06 bits per heavy atom. The third kappa shape index (κ3) is 1.94. The molecule has 0 atom stereocenters. The van der Waals surface area contributed by atoms with Gasteiger partial charge in [-0.05, 0) is 48.8 Å². The van der Waals surface area contributed by atoms with Crippen LogP contribution in [0.4, 0.5) is 11.4 Å². The number of carbonyl (C=O) groups is 1. The molecular weight excluding hydrogens is 268 g/mol. The smallest absolute Gasteiger partial charge is 0.243 e. The predicted molar refractivity (Wildman–Crippen MR) is 69.9 cm³/mol. The summed E-state index contributed by atoms with van der Waals surface area (Å²) in [5.74, 6) is 0.0422. The number of nitrogens with zero attached hydrogens (tertiary/aromatic N) is 1. The van der Waals surface area contributed by atoms with Crippen LogP contribution in [-0.4, -0.2) is 18.0 Å². The number of fused-ring (bicyclic) bond motifs is 1. The third-order valence-corrected chi connectivity index (χ3v) is 3.28. The van der Waals surface area contributed by atoms with Gasteiger partial charge in [0, 0.05) is 10.0 Å². The largest absolute Gasteiger partial charge is 0.355 e. The van der Waals surface area contributed by atoms with E-state index in [9.17, 15) is 4.79 Å². The molecule has 0 saturated heterocycles. The second kappa shape index (κ2) is 3.77. The molecule has 0 aromatic heterocycles. The van der Waals surface area contributed by atoms with Gasteiger partial charge in [-0.25, -0.2) is 0 Å². The molecule has 4 heteroatoms. The molecular formula is C12H15BrN2O. The monoisotopic (exact) mass is 282 g/mol. The first-order valence-electron chi connectivity index (χ1n) is 5.25. The molecule has 1 aromatic rings. The molecule has 86 valence electrons. The molecule has 1 amide bonds. The molecule has 1 N–H and O–H groups in total. The lowest BCUT2D eigenvalue weighted by Crippen LogP contribution is -2.49. The summed E-state index contributed by atoms with van der Waals surface area (Å²) in [7, 11) is 0. The van der Waals surface area contributed by atoms with Crippen LogP contribution in [0.5, 0.6) is 0 Å². The highest BCUT2D eigenvalue weighted by atomic mass is 79.9. The number of carbonyl (C=O) groups excluding carboxylic acids is 1. The van der Waals surface area contributed by atoms with Crippen molar-refractivity contribution >= 4 is 33.2 Å². The van der Waals surface area contributed by atoms with Gasteiger partial charge >= 0.3 is 0 Å². The lowest BCUT2D eigenvalue weighted by molar-refractivity contribution is -0.115. The van der Waals surface area contributed by atoms with Crippen LogP contribution in [0.25, 0.3) is 0 Å². The van der Waals surface area contributed by atoms with E-state index in [2.05, 4.69) is 46.9 Å². The van der Waals surface area contributed by atoms with Crippen molar-refractivity contribution in [3.05, 3.63) is 22.7 Å². The average Bonchev–Trinajstić information content (AvgIpc) is 2.15. The molecule has 0 fully saturated rings. The van der Waals surface area contributed by atoms with Crippen molar-refractivity contribution in [2.45, 2.75) is 26.3 Å². The number of hydrogen-bond donors (Lipinski definition) is 1. The molecule has 1 aliphatic heterocycles. The molecule has 0 unspecified atom stereocenters. The maximum absolute atomic E-state index is 11.6. The van der Waals surface area contributed by atoms with Crippen molar-refractivity contribution in [3.63, 3.8) is 0 Å². The number of halogens is 1. The van der Waals surface area contributed by atoms with Gasteiger partial charge in [-0.15, -0.1) is 0 Å². The van der Waals surface area contributed by atoms with E-state index in [1.807, 2.05) is 18.2 Å². The maximum atomic E-state index is 11.6. The Balaban J connectivity index is 2.56. The van der Waals surface area contributed by atoms with E-state index in [1.54, 1.807) is 0 Å². The topological polar surface area (TPSA) is 32.3 Å². The van der Waals surface area contributed by atoms with Crippen molar-refractivity contribution < 1.29 is 4.79 Å². The standard InChI is InChI=1S/C12H15BrN2O/c1-12(2,3)15-7-10(16)14-9-6-4-5-8(13)11(9)15/h4-6H,7H2,1-3H3,(H,14,16). The molecule has 1 heterocycles. The van der Waals surface area contributed by atoms with Crippen LogP contribution in [0.15, 0.2) is 22.7 Å². The van der Waals surface area contributed by atoms with Gasteiger partial charge in [-0.3, -0.25) is 4.79 Å². The molecule has 16 heavy (non-hydrogen) atoms. The van der Waals surface area contributed by atoms with Crippen LogP contribution < -0.4 is 10.2 Å². The van der Waals surface area contributed by atoms with E-state index in [1.165, 1.54) is 0 Å². The molecule has 0 radical (unpaired) electrons. The second-order valence-corrected chi connectivity index (χ2v) is 5.80. The minimum Gasteiger partial charge on any atom is -0.355 e. The van der Waals surface area contributed by atoms with Crippen LogP contribution in [-0.2, 0) is 4.79 Å². The molecule has 0 spiro atoms.